The van der Waals surface area contributed by atoms with E-state index in [4.69, 9.17) is 11.6 Å². The van der Waals surface area contributed by atoms with Crippen LogP contribution in [0.5, 0.6) is 0 Å². The Morgan fingerprint density at radius 1 is 1.32 bits per heavy atom. The molecule has 0 radical (unpaired) electrons. The molecule has 22 heavy (non-hydrogen) atoms. The van der Waals surface area contributed by atoms with Gasteiger partial charge in [-0.15, -0.1) is 12.4 Å². The van der Waals surface area contributed by atoms with E-state index in [2.05, 4.69) is 16.0 Å². The number of rotatable bonds is 5. The summed E-state index contributed by atoms with van der Waals surface area (Å²) in [6.07, 6.45) is 1.26. The first kappa shape index (κ1) is 19.0. The highest BCUT2D eigenvalue weighted by atomic mass is 35.5. The van der Waals surface area contributed by atoms with Gasteiger partial charge in [-0.25, -0.2) is 4.79 Å². The van der Waals surface area contributed by atoms with Gasteiger partial charge in [0.2, 0.25) is 0 Å². The van der Waals surface area contributed by atoms with Gasteiger partial charge in [0.1, 0.15) is 0 Å². The number of aliphatic hydroxyl groups excluding tert-OH is 1. The molecule has 0 spiro atoms. The zero-order valence-electron chi connectivity index (χ0n) is 12.3. The van der Waals surface area contributed by atoms with Gasteiger partial charge in [0.15, 0.2) is 0 Å². The summed E-state index contributed by atoms with van der Waals surface area (Å²) in [6, 6.07) is 7.40. The topological polar surface area (TPSA) is 73.4 Å². The van der Waals surface area contributed by atoms with Crippen LogP contribution >= 0.6 is 24.0 Å². The molecule has 1 fully saturated rings. The Morgan fingerprint density at radius 2 is 2.05 bits per heavy atom. The number of amides is 2. The molecule has 0 aliphatic carbocycles. The van der Waals surface area contributed by atoms with Crippen LogP contribution < -0.4 is 16.0 Å². The fourth-order valence-electron chi connectivity index (χ4n) is 2.39. The van der Waals surface area contributed by atoms with E-state index < -0.39 is 0 Å². The molecule has 1 aromatic rings. The largest absolute Gasteiger partial charge is 0.391 e. The minimum atomic E-state index is -0.381. The molecule has 2 rings (SSSR count). The Kier molecular flexibility index (Phi) is 8.56. The number of carbonyl (C=O) groups excluding carboxylic acids is 1. The van der Waals surface area contributed by atoms with Crippen molar-refractivity contribution in [2.45, 2.75) is 18.9 Å². The summed E-state index contributed by atoms with van der Waals surface area (Å²) in [6.45, 7) is 2.57. The van der Waals surface area contributed by atoms with E-state index in [9.17, 15) is 9.90 Å². The molecule has 2 amide bonds. The molecule has 0 bridgehead atoms. The summed E-state index contributed by atoms with van der Waals surface area (Å²) < 4.78 is 0. The Morgan fingerprint density at radius 3 is 2.73 bits per heavy atom. The Hall–Kier alpha value is -1.01. The van der Waals surface area contributed by atoms with Gasteiger partial charge in [-0.2, -0.15) is 0 Å². The number of halogens is 2. The summed E-state index contributed by atoms with van der Waals surface area (Å²) in [5.74, 6) is 0.133. The maximum atomic E-state index is 11.7. The van der Waals surface area contributed by atoms with Gasteiger partial charge in [0, 0.05) is 30.6 Å². The number of benzene rings is 1. The lowest BCUT2D eigenvalue weighted by atomic mass is 9.95. The quantitative estimate of drug-likeness (QED) is 0.653. The van der Waals surface area contributed by atoms with Crippen LogP contribution in [0.1, 0.15) is 12.0 Å². The molecule has 1 aromatic carbocycles. The lowest BCUT2D eigenvalue weighted by molar-refractivity contribution is 0.0827. The zero-order valence-corrected chi connectivity index (χ0v) is 13.9. The van der Waals surface area contributed by atoms with Crippen LogP contribution in [0.15, 0.2) is 24.3 Å². The molecule has 7 heteroatoms. The fraction of sp³-hybridized carbons (Fsp3) is 0.533. The molecule has 4 N–H and O–H groups in total. The number of piperidine rings is 1. The Balaban J connectivity index is 0.00000242. The van der Waals surface area contributed by atoms with Crippen molar-refractivity contribution in [1.82, 2.24) is 16.0 Å². The SMILES string of the molecule is Cl.O=C(NCCc1ccc(Cl)cc1)NC[C@@H]1CCNC[C@H]1O. The van der Waals surface area contributed by atoms with Crippen molar-refractivity contribution in [3.8, 4) is 0 Å². The van der Waals surface area contributed by atoms with Gasteiger partial charge in [0.05, 0.1) is 6.10 Å². The van der Waals surface area contributed by atoms with Crippen LogP contribution in [-0.2, 0) is 6.42 Å². The number of urea groups is 1. The lowest BCUT2D eigenvalue weighted by Crippen LogP contribution is -2.47. The van der Waals surface area contributed by atoms with Crippen molar-refractivity contribution in [3.05, 3.63) is 34.9 Å². The predicted octanol–water partition coefficient (Wildman–Crippen LogP) is 1.57. The van der Waals surface area contributed by atoms with Gasteiger partial charge >= 0.3 is 6.03 Å². The number of nitrogens with one attached hydrogen (secondary N) is 3. The first-order valence-electron chi connectivity index (χ1n) is 7.30. The van der Waals surface area contributed by atoms with E-state index in [-0.39, 0.29) is 30.5 Å². The van der Waals surface area contributed by atoms with E-state index in [1.54, 1.807) is 0 Å². The molecule has 1 aliphatic heterocycles. The summed E-state index contributed by atoms with van der Waals surface area (Å²) in [5, 5.41) is 19.3. The smallest absolute Gasteiger partial charge is 0.314 e. The zero-order chi connectivity index (χ0) is 15.1. The summed E-state index contributed by atoms with van der Waals surface area (Å²) >= 11 is 5.82. The van der Waals surface area contributed by atoms with Crippen molar-refractivity contribution in [1.29, 1.82) is 0 Å². The second-order valence-electron chi connectivity index (χ2n) is 5.33. The van der Waals surface area contributed by atoms with Crippen molar-refractivity contribution < 1.29 is 9.90 Å². The standard InChI is InChI=1S/C15H22ClN3O2.ClH/c16-13-3-1-11(2-4-13)5-8-18-15(21)19-9-12-6-7-17-10-14(12)20;/h1-4,12,14,17,20H,5-10H2,(H2,18,19,21);1H/t12-,14+;/m0./s1. The van der Waals surface area contributed by atoms with E-state index in [1.807, 2.05) is 24.3 Å². The molecule has 0 aromatic heterocycles. The molecular formula is C15H23Cl2N3O2. The number of β-amino-alcohol motifs (C(OH)–C–C–N with tert-alkyl or cyclic N) is 1. The van der Waals surface area contributed by atoms with Crippen molar-refractivity contribution in [2.75, 3.05) is 26.2 Å². The van der Waals surface area contributed by atoms with Crippen LogP contribution in [0.2, 0.25) is 5.02 Å². The minimum absolute atomic E-state index is 0. The van der Waals surface area contributed by atoms with Gasteiger partial charge in [-0.05, 0) is 37.1 Å². The monoisotopic (exact) mass is 347 g/mol. The molecule has 0 unspecified atom stereocenters. The van der Waals surface area contributed by atoms with Crippen LogP contribution in [0.4, 0.5) is 4.79 Å². The van der Waals surface area contributed by atoms with Crippen molar-refractivity contribution in [2.24, 2.45) is 5.92 Å². The third-order valence-electron chi connectivity index (χ3n) is 3.73. The number of hydrogen-bond acceptors (Lipinski definition) is 3. The fourth-order valence-corrected chi connectivity index (χ4v) is 2.52. The average molecular weight is 348 g/mol. The molecule has 1 aliphatic rings. The highest BCUT2D eigenvalue weighted by molar-refractivity contribution is 6.30. The molecule has 1 saturated heterocycles. The normalized spacial score (nSPS) is 20.8. The highest BCUT2D eigenvalue weighted by Crippen LogP contribution is 2.11. The molecule has 0 saturated carbocycles. The Labute approximate surface area is 142 Å². The average Bonchev–Trinajstić information content (AvgIpc) is 2.48. The molecule has 2 atom stereocenters. The lowest BCUT2D eigenvalue weighted by Gasteiger charge is -2.28. The third kappa shape index (κ3) is 6.40. The predicted molar refractivity (Wildman–Crippen MR) is 90.8 cm³/mol. The van der Waals surface area contributed by atoms with Crippen LogP contribution in [-0.4, -0.2) is 43.4 Å². The van der Waals surface area contributed by atoms with Crippen LogP contribution in [0, 0.1) is 5.92 Å². The van der Waals surface area contributed by atoms with Gasteiger partial charge in [0.25, 0.3) is 0 Å². The van der Waals surface area contributed by atoms with E-state index in [0.717, 1.165) is 24.9 Å². The number of aliphatic hydroxyl groups is 1. The summed E-state index contributed by atoms with van der Waals surface area (Å²) in [7, 11) is 0. The van der Waals surface area contributed by atoms with Crippen LogP contribution in [0.25, 0.3) is 0 Å². The molecular weight excluding hydrogens is 325 g/mol. The van der Waals surface area contributed by atoms with Crippen molar-refractivity contribution in [3.63, 3.8) is 0 Å². The molecule has 5 nitrogen and oxygen atoms in total. The third-order valence-corrected chi connectivity index (χ3v) is 3.98. The first-order chi connectivity index (χ1) is 10.1. The summed E-state index contributed by atoms with van der Waals surface area (Å²) in [5.41, 5.74) is 1.13. The second kappa shape index (κ2) is 9.90. The van der Waals surface area contributed by atoms with E-state index >= 15 is 0 Å². The van der Waals surface area contributed by atoms with E-state index in [0.29, 0.717) is 24.7 Å². The second-order valence-corrected chi connectivity index (χ2v) is 5.77. The molecule has 124 valence electrons. The summed E-state index contributed by atoms with van der Waals surface area (Å²) in [4.78, 5) is 11.7. The maximum Gasteiger partial charge on any atom is 0.314 e. The Bertz CT molecular complexity index is 457. The van der Waals surface area contributed by atoms with Gasteiger partial charge in [-0.3, -0.25) is 0 Å². The number of carbonyl (C=O) groups is 1. The van der Waals surface area contributed by atoms with E-state index in [1.165, 1.54) is 0 Å². The van der Waals surface area contributed by atoms with Gasteiger partial charge in [-0.1, -0.05) is 23.7 Å². The highest BCUT2D eigenvalue weighted by Gasteiger charge is 2.22. The maximum absolute atomic E-state index is 11.7. The minimum Gasteiger partial charge on any atom is -0.391 e. The van der Waals surface area contributed by atoms with Gasteiger partial charge < -0.3 is 21.1 Å². The molecule has 1 heterocycles. The van der Waals surface area contributed by atoms with Crippen LogP contribution in [0.3, 0.4) is 0 Å². The number of hydrogen-bond donors (Lipinski definition) is 4. The first-order valence-corrected chi connectivity index (χ1v) is 7.68. The van der Waals surface area contributed by atoms with Crippen molar-refractivity contribution >= 4 is 30.0 Å².